The molecule has 4 aromatic rings. The molecule has 0 aliphatic carbocycles. The predicted octanol–water partition coefficient (Wildman–Crippen LogP) is 7.03. The van der Waals surface area contributed by atoms with Crippen molar-refractivity contribution < 1.29 is 14.0 Å². The van der Waals surface area contributed by atoms with E-state index in [1.165, 1.54) is 11.2 Å². The van der Waals surface area contributed by atoms with E-state index in [9.17, 15) is 9.46 Å². The van der Waals surface area contributed by atoms with Crippen LogP contribution in [-0.4, -0.2) is 16.0 Å². The summed E-state index contributed by atoms with van der Waals surface area (Å²) in [4.78, 5) is 14.8. The van der Waals surface area contributed by atoms with Gasteiger partial charge in [0.15, 0.2) is 0 Å². The van der Waals surface area contributed by atoms with Gasteiger partial charge in [0.05, 0.1) is 17.3 Å². The van der Waals surface area contributed by atoms with E-state index in [1.54, 1.807) is 13.0 Å². The Hall–Kier alpha value is -2.78. The molecule has 4 nitrogen and oxygen atoms in total. The molecule has 1 N–H and O–H groups in total. The normalized spacial score (nSPS) is 14.9. The van der Waals surface area contributed by atoms with Crippen molar-refractivity contribution in [1.29, 1.82) is 0 Å². The van der Waals surface area contributed by atoms with Crippen LogP contribution in [0.5, 0.6) is 0 Å². The zero-order chi connectivity index (χ0) is 21.1. The van der Waals surface area contributed by atoms with Gasteiger partial charge in [0.2, 0.25) is 0 Å². The number of benzene rings is 3. The molecule has 0 saturated heterocycles. The third kappa shape index (κ3) is 4.36. The quantitative estimate of drug-likeness (QED) is 0.342. The molecule has 0 bridgehead atoms. The molecule has 2 unspecified atom stereocenters. The second-order valence-corrected chi connectivity index (χ2v) is 8.98. The maximum absolute atomic E-state index is 12.3. The summed E-state index contributed by atoms with van der Waals surface area (Å²) < 4.78 is 17.5. The summed E-state index contributed by atoms with van der Waals surface area (Å²) in [5, 5.41) is 3.35. The van der Waals surface area contributed by atoms with Crippen molar-refractivity contribution in [2.24, 2.45) is 0 Å². The number of pyridine rings is 1. The van der Waals surface area contributed by atoms with Crippen LogP contribution in [0.2, 0.25) is 0 Å². The van der Waals surface area contributed by atoms with Gasteiger partial charge in [-0.25, -0.2) is 4.98 Å². The first kappa shape index (κ1) is 20.5. The summed E-state index contributed by atoms with van der Waals surface area (Å²) in [6, 6.07) is 24.5. The molecule has 0 fully saturated rings. The van der Waals surface area contributed by atoms with E-state index in [4.69, 9.17) is 9.51 Å². The second kappa shape index (κ2) is 8.53. The number of nitrogens with zero attached hydrogens (tertiary/aromatic N) is 1. The first-order valence-corrected chi connectivity index (χ1v) is 11.7. The van der Waals surface area contributed by atoms with Crippen molar-refractivity contribution in [3.63, 3.8) is 0 Å². The van der Waals surface area contributed by atoms with Gasteiger partial charge in [-0.2, -0.15) is 0 Å². The van der Waals surface area contributed by atoms with Crippen molar-refractivity contribution in [3.05, 3.63) is 84.3 Å². The molecule has 0 aliphatic heterocycles. The minimum atomic E-state index is -3.81. The van der Waals surface area contributed by atoms with E-state index in [1.807, 2.05) is 43.3 Å². The molecule has 0 amide bonds. The average molecular weight is 417 g/mol. The third-order valence-corrected chi connectivity index (χ3v) is 6.35. The molecule has 4 rings (SSSR count). The fourth-order valence-electron chi connectivity index (χ4n) is 3.47. The number of fused-ring (bicyclic) bond motifs is 2. The molecule has 0 saturated carbocycles. The van der Waals surface area contributed by atoms with Gasteiger partial charge in [0.25, 0.3) is 0 Å². The van der Waals surface area contributed by atoms with Gasteiger partial charge >= 0.3 is 7.60 Å². The van der Waals surface area contributed by atoms with Crippen LogP contribution < -0.4 is 0 Å². The summed E-state index contributed by atoms with van der Waals surface area (Å²) in [6.45, 7) is 3.69. The smallest absolute Gasteiger partial charge is 0.321 e. The highest BCUT2D eigenvalue weighted by atomic mass is 31.2. The maximum atomic E-state index is 12.3. The van der Waals surface area contributed by atoms with E-state index >= 15 is 0 Å². The molecular weight excluding hydrogens is 393 g/mol. The van der Waals surface area contributed by atoms with Crippen LogP contribution in [0.1, 0.15) is 26.0 Å². The molecule has 5 heteroatoms. The average Bonchev–Trinajstić information content (AvgIpc) is 2.76. The number of rotatable bonds is 6. The number of hydrogen-bond acceptors (Lipinski definition) is 3. The lowest BCUT2D eigenvalue weighted by atomic mass is 9.96. The van der Waals surface area contributed by atoms with Crippen LogP contribution in [0.25, 0.3) is 38.9 Å². The molecule has 0 spiro atoms. The molecule has 0 radical (unpaired) electrons. The van der Waals surface area contributed by atoms with E-state index < -0.39 is 7.60 Å². The van der Waals surface area contributed by atoms with Crippen LogP contribution in [-0.2, 0) is 9.09 Å². The number of para-hydroxylation sites is 1. The zero-order valence-electron chi connectivity index (χ0n) is 17.0. The lowest BCUT2D eigenvalue weighted by Crippen LogP contribution is -2.02. The van der Waals surface area contributed by atoms with Crippen molar-refractivity contribution in [2.75, 3.05) is 0 Å². The van der Waals surface area contributed by atoms with E-state index in [0.29, 0.717) is 12.1 Å². The molecular formula is C25H24NO3P. The lowest BCUT2D eigenvalue weighted by Gasteiger charge is -2.13. The molecule has 3 aromatic carbocycles. The SMILES string of the molecule is CCC(C)OP(=O)(O)C=Cc1ccc2cccc(-c3cccc4ccccc34)c2n1. The van der Waals surface area contributed by atoms with Gasteiger partial charge in [-0.1, -0.05) is 73.7 Å². The Balaban J connectivity index is 1.78. The Kier molecular flexibility index (Phi) is 5.83. The van der Waals surface area contributed by atoms with Gasteiger partial charge in [0, 0.05) is 16.8 Å². The predicted molar refractivity (Wildman–Crippen MR) is 124 cm³/mol. The summed E-state index contributed by atoms with van der Waals surface area (Å²) in [5.74, 6) is 1.22. The van der Waals surface area contributed by atoms with Gasteiger partial charge in [0.1, 0.15) is 0 Å². The van der Waals surface area contributed by atoms with Gasteiger partial charge in [-0.05, 0) is 41.8 Å². The van der Waals surface area contributed by atoms with Gasteiger partial charge < -0.3 is 9.42 Å². The van der Waals surface area contributed by atoms with Crippen LogP contribution in [0, 0.1) is 0 Å². The minimum absolute atomic E-state index is 0.284. The van der Waals surface area contributed by atoms with Crippen LogP contribution >= 0.6 is 7.60 Å². The standard InChI is InChI=1S/C25H24NO3P/c1-3-18(2)29-30(27,28)17-16-21-15-14-20-10-7-13-24(25(20)26-21)23-12-6-9-19-8-4-5-11-22(19)23/h4-18H,3H2,1-2H3,(H,27,28). The monoisotopic (exact) mass is 417 g/mol. The minimum Gasteiger partial charge on any atom is -0.321 e. The highest BCUT2D eigenvalue weighted by molar-refractivity contribution is 7.56. The Morgan fingerprint density at radius 1 is 0.967 bits per heavy atom. The lowest BCUT2D eigenvalue weighted by molar-refractivity contribution is 0.192. The second-order valence-electron chi connectivity index (χ2n) is 7.34. The van der Waals surface area contributed by atoms with Gasteiger partial charge in [-0.3, -0.25) is 4.57 Å². The summed E-state index contributed by atoms with van der Waals surface area (Å²) in [5.41, 5.74) is 3.60. The number of aromatic nitrogens is 1. The van der Waals surface area contributed by atoms with Crippen molar-refractivity contribution >= 4 is 35.3 Å². The Labute approximate surface area is 176 Å². The third-order valence-electron chi connectivity index (χ3n) is 5.16. The van der Waals surface area contributed by atoms with Crippen LogP contribution in [0.3, 0.4) is 0 Å². The Bertz CT molecular complexity index is 1280. The Morgan fingerprint density at radius 3 is 2.47 bits per heavy atom. The Morgan fingerprint density at radius 2 is 1.67 bits per heavy atom. The van der Waals surface area contributed by atoms with E-state index in [2.05, 4.69) is 36.4 Å². The van der Waals surface area contributed by atoms with Crippen molar-refractivity contribution in [3.8, 4) is 11.1 Å². The fourth-order valence-corrected chi connectivity index (χ4v) is 4.55. The summed E-state index contributed by atoms with van der Waals surface area (Å²) in [6.07, 6.45) is 1.94. The molecule has 152 valence electrons. The van der Waals surface area contributed by atoms with Gasteiger partial charge in [-0.15, -0.1) is 0 Å². The largest absolute Gasteiger partial charge is 0.351 e. The van der Waals surface area contributed by atoms with Crippen molar-refractivity contribution in [2.45, 2.75) is 26.4 Å². The molecule has 1 heterocycles. The highest BCUT2D eigenvalue weighted by Crippen LogP contribution is 2.45. The molecule has 0 aliphatic rings. The van der Waals surface area contributed by atoms with Crippen LogP contribution in [0.4, 0.5) is 0 Å². The molecule has 1 aromatic heterocycles. The summed E-state index contributed by atoms with van der Waals surface area (Å²) >= 11 is 0. The topological polar surface area (TPSA) is 59.4 Å². The van der Waals surface area contributed by atoms with Crippen LogP contribution in [0.15, 0.2) is 78.6 Å². The molecule has 2 atom stereocenters. The fraction of sp³-hybridized carbons (Fsp3) is 0.160. The number of hydrogen-bond donors (Lipinski definition) is 1. The van der Waals surface area contributed by atoms with Crippen molar-refractivity contribution in [1.82, 2.24) is 4.98 Å². The first-order chi connectivity index (χ1) is 14.5. The highest BCUT2D eigenvalue weighted by Gasteiger charge is 2.18. The van der Waals surface area contributed by atoms with E-state index in [0.717, 1.165) is 27.4 Å². The first-order valence-electron chi connectivity index (χ1n) is 10.0. The zero-order valence-corrected chi connectivity index (χ0v) is 17.9. The maximum Gasteiger partial charge on any atom is 0.351 e. The molecule has 30 heavy (non-hydrogen) atoms. The summed E-state index contributed by atoms with van der Waals surface area (Å²) in [7, 11) is -3.81. The van der Waals surface area contributed by atoms with E-state index in [-0.39, 0.29) is 6.10 Å².